The number of nitrogens with one attached hydrogen (secondary N) is 1. The van der Waals surface area contributed by atoms with E-state index in [1.807, 2.05) is 6.07 Å². The zero-order valence-corrected chi connectivity index (χ0v) is 16.4. The van der Waals surface area contributed by atoms with Gasteiger partial charge in [-0.15, -0.1) is 0 Å². The summed E-state index contributed by atoms with van der Waals surface area (Å²) in [5, 5.41) is 0.463. The summed E-state index contributed by atoms with van der Waals surface area (Å²) >= 11 is 6.24. The van der Waals surface area contributed by atoms with Gasteiger partial charge in [0.15, 0.2) is 0 Å². The normalized spacial score (nSPS) is 13.2. The van der Waals surface area contributed by atoms with Crippen LogP contribution in [-0.4, -0.2) is 15.8 Å². The predicted molar refractivity (Wildman–Crippen MR) is 110 cm³/mol. The van der Waals surface area contributed by atoms with Gasteiger partial charge < -0.3 is 9.88 Å². The Balaban J connectivity index is 1.66. The molecular weight excluding hydrogens is 406 g/mol. The van der Waals surface area contributed by atoms with E-state index in [0.29, 0.717) is 16.1 Å². The van der Waals surface area contributed by atoms with Crippen LogP contribution < -0.4 is 0 Å². The molecule has 1 amide bonds. The maximum absolute atomic E-state index is 14.6. The molecule has 30 heavy (non-hydrogen) atoms. The van der Waals surface area contributed by atoms with E-state index in [1.54, 1.807) is 30.6 Å². The van der Waals surface area contributed by atoms with Gasteiger partial charge in [0.05, 0.1) is 6.04 Å². The number of rotatable bonds is 3. The summed E-state index contributed by atoms with van der Waals surface area (Å²) in [6, 6.07) is 9.30. The molecule has 1 aliphatic heterocycles. The van der Waals surface area contributed by atoms with Crippen LogP contribution in [0.1, 0.15) is 39.5 Å². The molecule has 0 spiro atoms. The summed E-state index contributed by atoms with van der Waals surface area (Å²) in [7, 11) is 0. The molecule has 3 nitrogen and oxygen atoms in total. The van der Waals surface area contributed by atoms with Gasteiger partial charge in [0.25, 0.3) is 5.91 Å². The third-order valence-corrected chi connectivity index (χ3v) is 5.24. The van der Waals surface area contributed by atoms with Crippen LogP contribution in [0.4, 0.5) is 8.78 Å². The Morgan fingerprint density at radius 2 is 2.03 bits per heavy atom. The van der Waals surface area contributed by atoms with Crippen LogP contribution in [0.2, 0.25) is 5.02 Å². The maximum atomic E-state index is 14.6. The van der Waals surface area contributed by atoms with Crippen LogP contribution in [0.15, 0.2) is 54.9 Å². The average Bonchev–Trinajstić information content (AvgIpc) is 3.36. The monoisotopic (exact) mass is 420 g/mol. The zero-order chi connectivity index (χ0) is 21.1. The zero-order valence-electron chi connectivity index (χ0n) is 15.7. The van der Waals surface area contributed by atoms with E-state index >= 15 is 0 Å². The summed E-state index contributed by atoms with van der Waals surface area (Å²) in [4.78, 5) is 17.3. The number of amides is 1. The first-order valence-electron chi connectivity index (χ1n) is 9.19. The molecule has 1 unspecified atom stereocenters. The van der Waals surface area contributed by atoms with E-state index in [2.05, 4.69) is 28.7 Å². The maximum Gasteiger partial charge on any atom is 0.255 e. The van der Waals surface area contributed by atoms with Gasteiger partial charge in [0, 0.05) is 52.6 Å². The Morgan fingerprint density at radius 1 is 1.17 bits per heavy atom. The van der Waals surface area contributed by atoms with E-state index in [0.717, 1.165) is 23.8 Å². The molecule has 0 saturated heterocycles. The highest BCUT2D eigenvalue weighted by Crippen LogP contribution is 2.37. The minimum atomic E-state index is -0.779. The molecule has 2 aromatic carbocycles. The number of hydrogen-bond donors (Lipinski definition) is 1. The Bertz CT molecular complexity index is 1230. The number of aromatic nitrogens is 1. The van der Waals surface area contributed by atoms with Gasteiger partial charge >= 0.3 is 0 Å². The topological polar surface area (TPSA) is 36.1 Å². The quantitative estimate of drug-likeness (QED) is 0.589. The molecule has 0 radical (unpaired) electrons. The van der Waals surface area contributed by atoms with Crippen LogP contribution in [-0.2, 0) is 6.54 Å². The van der Waals surface area contributed by atoms with Crippen LogP contribution in [0.3, 0.4) is 0 Å². The fourth-order valence-corrected chi connectivity index (χ4v) is 3.66. The SMILES string of the molecule is O=C1c2cccc(Cl)c2CN1C(CC#CC#Cc1cc[nH]c1)c1cc(F)ccc1F. The van der Waals surface area contributed by atoms with Gasteiger partial charge in [-0.3, -0.25) is 4.79 Å². The highest BCUT2D eigenvalue weighted by Gasteiger charge is 2.35. The fourth-order valence-electron chi connectivity index (χ4n) is 3.42. The van der Waals surface area contributed by atoms with Crippen molar-refractivity contribution in [3.05, 3.63) is 93.8 Å². The fraction of sp³-hybridized carbons (Fsp3) is 0.125. The third kappa shape index (κ3) is 3.94. The van der Waals surface area contributed by atoms with Gasteiger partial charge in [-0.1, -0.05) is 29.5 Å². The predicted octanol–water partition coefficient (Wildman–Crippen LogP) is 5.09. The van der Waals surface area contributed by atoms with Crippen LogP contribution in [0.5, 0.6) is 0 Å². The standard InChI is InChI=1S/C24H15ClF2N2O/c25-21-7-4-6-18-20(21)15-29(24(18)30)23(19-13-17(26)9-10-22(19)27)8-3-1-2-5-16-11-12-28-14-16/h4,6-7,9-14,23,28H,8,15H2. The van der Waals surface area contributed by atoms with E-state index in [1.165, 1.54) is 4.90 Å². The number of H-pyrrole nitrogens is 1. The van der Waals surface area contributed by atoms with Gasteiger partial charge in [0.2, 0.25) is 0 Å². The number of aromatic amines is 1. The van der Waals surface area contributed by atoms with Gasteiger partial charge in [-0.05, 0) is 48.2 Å². The Morgan fingerprint density at radius 3 is 2.80 bits per heavy atom. The van der Waals surface area contributed by atoms with Gasteiger partial charge in [-0.2, -0.15) is 0 Å². The number of nitrogens with zero attached hydrogens (tertiary/aromatic N) is 1. The number of carbonyl (C=O) groups excluding carboxylic acids is 1. The number of halogens is 3. The first kappa shape index (κ1) is 19.8. The molecule has 4 rings (SSSR count). The molecule has 1 atom stereocenters. The second-order valence-electron chi connectivity index (χ2n) is 6.74. The van der Waals surface area contributed by atoms with E-state index in [-0.39, 0.29) is 24.4 Å². The van der Waals surface area contributed by atoms with Gasteiger partial charge in [-0.25, -0.2) is 8.78 Å². The summed E-state index contributed by atoms with van der Waals surface area (Å²) in [5.74, 6) is 9.73. The Labute approximate surface area is 177 Å². The van der Waals surface area contributed by atoms with Crippen molar-refractivity contribution in [1.82, 2.24) is 9.88 Å². The molecular formula is C24H15ClF2N2O. The lowest BCUT2D eigenvalue weighted by Crippen LogP contribution is -2.29. The van der Waals surface area contributed by atoms with E-state index in [4.69, 9.17) is 11.6 Å². The molecule has 0 bridgehead atoms. The lowest BCUT2D eigenvalue weighted by atomic mass is 10.0. The highest BCUT2D eigenvalue weighted by molar-refractivity contribution is 6.32. The van der Waals surface area contributed by atoms with Crippen molar-refractivity contribution >= 4 is 17.5 Å². The number of benzene rings is 2. The van der Waals surface area contributed by atoms with E-state index in [9.17, 15) is 13.6 Å². The second kappa shape index (κ2) is 8.45. The molecule has 1 aromatic heterocycles. The molecule has 1 aliphatic rings. The number of fused-ring (bicyclic) bond motifs is 1. The lowest BCUT2D eigenvalue weighted by Gasteiger charge is -2.27. The van der Waals surface area contributed by atoms with Crippen molar-refractivity contribution in [1.29, 1.82) is 0 Å². The lowest BCUT2D eigenvalue weighted by molar-refractivity contribution is 0.0701. The van der Waals surface area contributed by atoms with Crippen molar-refractivity contribution in [3.63, 3.8) is 0 Å². The summed E-state index contributed by atoms with van der Waals surface area (Å²) in [6.45, 7) is 0.200. The second-order valence-corrected chi connectivity index (χ2v) is 7.14. The smallest absolute Gasteiger partial charge is 0.255 e. The van der Waals surface area contributed by atoms with Crippen molar-refractivity contribution < 1.29 is 13.6 Å². The first-order chi connectivity index (χ1) is 14.5. The molecule has 1 N–H and O–H groups in total. The van der Waals surface area contributed by atoms with Crippen molar-refractivity contribution in [2.24, 2.45) is 0 Å². The minimum absolute atomic E-state index is 0.0696. The summed E-state index contributed by atoms with van der Waals surface area (Å²) < 4.78 is 28.4. The number of carbonyl (C=O) groups is 1. The van der Waals surface area contributed by atoms with Gasteiger partial charge in [0.1, 0.15) is 11.6 Å². The molecule has 0 fully saturated rings. The van der Waals surface area contributed by atoms with Crippen molar-refractivity contribution in [2.45, 2.75) is 19.0 Å². The molecule has 0 aliphatic carbocycles. The molecule has 0 saturated carbocycles. The molecule has 3 aromatic rings. The van der Waals surface area contributed by atoms with Crippen LogP contribution in [0, 0.1) is 35.3 Å². The van der Waals surface area contributed by atoms with Crippen LogP contribution in [0.25, 0.3) is 0 Å². The molecule has 2 heterocycles. The Kier molecular flexibility index (Phi) is 5.57. The average molecular weight is 421 g/mol. The number of hydrogen-bond acceptors (Lipinski definition) is 1. The molecule has 6 heteroatoms. The third-order valence-electron chi connectivity index (χ3n) is 4.88. The highest BCUT2D eigenvalue weighted by atomic mass is 35.5. The van der Waals surface area contributed by atoms with Crippen LogP contribution >= 0.6 is 11.6 Å². The largest absolute Gasteiger partial charge is 0.367 e. The molecule has 148 valence electrons. The first-order valence-corrected chi connectivity index (χ1v) is 9.57. The Hall–Kier alpha value is -3.54. The summed E-state index contributed by atoms with van der Waals surface area (Å²) in [5.41, 5.74) is 1.99. The summed E-state index contributed by atoms with van der Waals surface area (Å²) in [6.07, 6.45) is 3.59. The minimum Gasteiger partial charge on any atom is -0.367 e. The van der Waals surface area contributed by atoms with Crippen molar-refractivity contribution in [3.8, 4) is 23.7 Å². The van der Waals surface area contributed by atoms with Crippen molar-refractivity contribution in [2.75, 3.05) is 0 Å². The van der Waals surface area contributed by atoms with E-state index < -0.39 is 17.7 Å².